The Hall–Kier alpha value is -0.270. The van der Waals surface area contributed by atoms with Crippen molar-refractivity contribution in [2.45, 2.75) is 18.9 Å². The normalized spacial score (nSPS) is 9.88. The second-order valence-corrected chi connectivity index (χ2v) is 2.65. The van der Waals surface area contributed by atoms with E-state index in [1.54, 1.807) is 0 Å². The topological polar surface area (TPSA) is 118 Å². The van der Waals surface area contributed by atoms with Crippen molar-refractivity contribution in [1.82, 2.24) is 5.32 Å². The summed E-state index contributed by atoms with van der Waals surface area (Å²) in [5, 5.41) is 10.4. The van der Waals surface area contributed by atoms with Crippen LogP contribution in [0.5, 0.6) is 0 Å². The lowest BCUT2D eigenvalue weighted by molar-refractivity contribution is -0.138. The van der Waals surface area contributed by atoms with Gasteiger partial charge in [-0.1, -0.05) is 0 Å². The smallest absolute Gasteiger partial charge is 0.322 e. The average Bonchev–Trinajstić information content (AvgIpc) is 2.10. The van der Waals surface area contributed by atoms with E-state index in [9.17, 15) is 9.59 Å². The van der Waals surface area contributed by atoms with Crippen LogP contribution >= 0.6 is 37.2 Å². The second-order valence-electron chi connectivity index (χ2n) is 2.65. The van der Waals surface area contributed by atoms with Crippen LogP contribution in [0.25, 0.3) is 0 Å². The molecule has 0 aliphatic rings. The largest absolute Gasteiger partial charge is 0.480 e. The Balaban J connectivity index is -0.000000240. The van der Waals surface area contributed by atoms with Crippen LogP contribution in [0, 0.1) is 0 Å². The van der Waals surface area contributed by atoms with Gasteiger partial charge in [0.15, 0.2) is 0 Å². The van der Waals surface area contributed by atoms with Gasteiger partial charge in [0.25, 0.3) is 0 Å². The minimum Gasteiger partial charge on any atom is -0.480 e. The van der Waals surface area contributed by atoms with E-state index in [2.05, 4.69) is 5.32 Å². The van der Waals surface area contributed by atoms with Crippen LogP contribution in [0.3, 0.4) is 0 Å². The molecule has 1 amide bonds. The molecule has 100 valence electrons. The first kappa shape index (κ1) is 24.8. The van der Waals surface area contributed by atoms with Gasteiger partial charge in [-0.25, -0.2) is 0 Å². The zero-order valence-corrected chi connectivity index (χ0v) is 11.0. The van der Waals surface area contributed by atoms with Crippen molar-refractivity contribution in [3.63, 3.8) is 0 Å². The summed E-state index contributed by atoms with van der Waals surface area (Å²) in [6.45, 7) is 0.0784. The highest BCUT2D eigenvalue weighted by atomic mass is 35.5. The first-order valence-corrected chi connectivity index (χ1v) is 4.03. The van der Waals surface area contributed by atoms with Gasteiger partial charge in [-0.2, -0.15) is 0 Å². The Labute approximate surface area is 113 Å². The van der Waals surface area contributed by atoms with Gasteiger partial charge in [0.2, 0.25) is 5.91 Å². The number of carbonyl (C=O) groups is 2. The number of amides is 1. The van der Waals surface area contributed by atoms with Crippen molar-refractivity contribution in [1.29, 1.82) is 0 Å². The minimum absolute atomic E-state index is 0. The van der Waals surface area contributed by atoms with E-state index >= 15 is 0 Å². The summed E-state index contributed by atoms with van der Waals surface area (Å²) in [4.78, 5) is 21.1. The number of carboxylic acids is 1. The lowest BCUT2D eigenvalue weighted by Gasteiger charge is -2.09. The molecule has 0 saturated heterocycles. The Morgan fingerprint density at radius 1 is 1.25 bits per heavy atom. The molecule has 0 aliphatic carbocycles. The van der Waals surface area contributed by atoms with Gasteiger partial charge in [-0.15, -0.1) is 37.2 Å². The number of rotatable bonds is 6. The molecule has 0 saturated carbocycles. The number of hydrogen-bond acceptors (Lipinski definition) is 4. The molecule has 0 radical (unpaired) electrons. The zero-order valence-electron chi connectivity index (χ0n) is 8.55. The zero-order chi connectivity index (χ0) is 10.3. The van der Waals surface area contributed by atoms with Crippen LogP contribution in [0.2, 0.25) is 0 Å². The van der Waals surface area contributed by atoms with Crippen molar-refractivity contribution < 1.29 is 14.7 Å². The highest BCUT2D eigenvalue weighted by molar-refractivity contribution is 5.86. The Morgan fingerprint density at radius 2 is 1.75 bits per heavy atom. The molecule has 0 aromatic rings. The van der Waals surface area contributed by atoms with Crippen LogP contribution < -0.4 is 16.8 Å². The quantitative estimate of drug-likeness (QED) is 0.528. The molecular weight excluding hydrogens is 280 g/mol. The molecule has 0 heterocycles. The van der Waals surface area contributed by atoms with E-state index in [4.69, 9.17) is 16.6 Å². The molecule has 0 aromatic carbocycles. The standard InChI is InChI=1S/C7H15N3O3.3ClH/c8-3-1-2-5(9)7(13)10-4-6(11)12;;;/h5H,1-4,8-9H2,(H,10,13)(H,11,12);3*1H/t5-;;;/m0.../s1. The number of halogens is 3. The van der Waals surface area contributed by atoms with Crippen LogP contribution in [-0.2, 0) is 9.59 Å². The van der Waals surface area contributed by atoms with Crippen LogP contribution in [0.1, 0.15) is 12.8 Å². The Bertz CT molecular complexity index is 195. The fraction of sp³-hybridized carbons (Fsp3) is 0.714. The summed E-state index contributed by atoms with van der Waals surface area (Å²) in [5.74, 6) is -1.53. The summed E-state index contributed by atoms with van der Waals surface area (Å²) in [7, 11) is 0. The maximum absolute atomic E-state index is 11.0. The predicted molar refractivity (Wildman–Crippen MR) is 68.7 cm³/mol. The van der Waals surface area contributed by atoms with E-state index < -0.39 is 24.5 Å². The number of nitrogens with one attached hydrogen (secondary N) is 1. The first-order chi connectivity index (χ1) is 6.07. The molecule has 0 rings (SSSR count). The van der Waals surface area contributed by atoms with E-state index in [-0.39, 0.29) is 37.2 Å². The van der Waals surface area contributed by atoms with Crippen LogP contribution in [0.4, 0.5) is 0 Å². The third-order valence-electron chi connectivity index (χ3n) is 1.47. The maximum Gasteiger partial charge on any atom is 0.322 e. The molecule has 9 heteroatoms. The van der Waals surface area contributed by atoms with Gasteiger partial charge >= 0.3 is 5.97 Å². The van der Waals surface area contributed by atoms with Crippen molar-refractivity contribution >= 4 is 49.1 Å². The van der Waals surface area contributed by atoms with Gasteiger partial charge in [0.1, 0.15) is 6.54 Å². The SMILES string of the molecule is Cl.Cl.Cl.NCCC[C@H](N)C(=O)NCC(=O)O. The van der Waals surface area contributed by atoms with Crippen molar-refractivity contribution in [2.75, 3.05) is 13.1 Å². The monoisotopic (exact) mass is 297 g/mol. The van der Waals surface area contributed by atoms with Gasteiger partial charge in [-0.05, 0) is 19.4 Å². The molecule has 0 aromatic heterocycles. The summed E-state index contributed by atoms with van der Waals surface area (Å²) in [6, 6.07) is -0.664. The highest BCUT2D eigenvalue weighted by Gasteiger charge is 2.12. The molecule has 0 spiro atoms. The summed E-state index contributed by atoms with van der Waals surface area (Å²) in [6.07, 6.45) is 1.13. The van der Waals surface area contributed by atoms with E-state index in [1.807, 2.05) is 0 Å². The summed E-state index contributed by atoms with van der Waals surface area (Å²) in [5.41, 5.74) is 10.6. The Morgan fingerprint density at radius 3 is 2.12 bits per heavy atom. The predicted octanol–water partition coefficient (Wildman–Crippen LogP) is -0.481. The van der Waals surface area contributed by atoms with Crippen molar-refractivity contribution in [2.24, 2.45) is 11.5 Å². The molecule has 0 aliphatic heterocycles. The van der Waals surface area contributed by atoms with Gasteiger partial charge in [-0.3, -0.25) is 9.59 Å². The van der Waals surface area contributed by atoms with E-state index in [0.29, 0.717) is 19.4 Å². The molecule has 0 unspecified atom stereocenters. The summed E-state index contributed by atoms with van der Waals surface area (Å²) < 4.78 is 0. The minimum atomic E-state index is -1.08. The third-order valence-corrected chi connectivity index (χ3v) is 1.47. The lowest BCUT2D eigenvalue weighted by Crippen LogP contribution is -2.42. The highest BCUT2D eigenvalue weighted by Crippen LogP contribution is 1.91. The van der Waals surface area contributed by atoms with Gasteiger partial charge < -0.3 is 21.9 Å². The average molecular weight is 299 g/mol. The molecule has 6 nitrogen and oxygen atoms in total. The van der Waals surface area contributed by atoms with Gasteiger partial charge in [0, 0.05) is 0 Å². The number of carbonyl (C=O) groups excluding carboxylic acids is 1. The Kier molecular flexibility index (Phi) is 22.8. The molecule has 0 fully saturated rings. The number of aliphatic carboxylic acids is 1. The van der Waals surface area contributed by atoms with Crippen molar-refractivity contribution in [3.8, 4) is 0 Å². The van der Waals surface area contributed by atoms with E-state index in [0.717, 1.165) is 0 Å². The number of hydrogen-bond donors (Lipinski definition) is 4. The third kappa shape index (κ3) is 13.7. The number of nitrogens with two attached hydrogens (primary N) is 2. The lowest BCUT2D eigenvalue weighted by atomic mass is 10.1. The molecule has 1 atom stereocenters. The van der Waals surface area contributed by atoms with Gasteiger partial charge in [0.05, 0.1) is 6.04 Å². The summed E-state index contributed by atoms with van der Waals surface area (Å²) >= 11 is 0. The fourth-order valence-electron chi connectivity index (χ4n) is 0.763. The fourth-order valence-corrected chi connectivity index (χ4v) is 0.763. The second kappa shape index (κ2) is 14.7. The van der Waals surface area contributed by atoms with Crippen LogP contribution in [0.15, 0.2) is 0 Å². The van der Waals surface area contributed by atoms with E-state index in [1.165, 1.54) is 0 Å². The molecular formula is C7H18Cl3N3O3. The number of carboxylic acid groups (broad SMARTS) is 1. The first-order valence-electron chi connectivity index (χ1n) is 4.03. The molecule has 6 N–H and O–H groups in total. The maximum atomic E-state index is 11.0. The van der Waals surface area contributed by atoms with Crippen LogP contribution in [-0.4, -0.2) is 36.1 Å². The molecule has 0 bridgehead atoms. The molecule has 16 heavy (non-hydrogen) atoms. The van der Waals surface area contributed by atoms with Crippen molar-refractivity contribution in [3.05, 3.63) is 0 Å².